The van der Waals surface area contributed by atoms with E-state index >= 15 is 0 Å². The van der Waals surface area contributed by atoms with Crippen LogP contribution in [0.4, 0.5) is 5.82 Å². The molecular formula is C23H31N7O4. The molecule has 1 aromatic carbocycles. The quantitative estimate of drug-likeness (QED) is 0.312. The van der Waals surface area contributed by atoms with E-state index < -0.39 is 0 Å². The van der Waals surface area contributed by atoms with Crippen molar-refractivity contribution in [1.82, 2.24) is 30.1 Å². The van der Waals surface area contributed by atoms with E-state index in [1.165, 1.54) is 5.56 Å². The summed E-state index contributed by atoms with van der Waals surface area (Å²) in [5, 5.41) is 7.79. The number of methoxy groups -OCH3 is 1. The van der Waals surface area contributed by atoms with Crippen LogP contribution >= 0.6 is 0 Å². The summed E-state index contributed by atoms with van der Waals surface area (Å²) in [5.41, 5.74) is 9.60. The number of rotatable bonds is 11. The van der Waals surface area contributed by atoms with Crippen LogP contribution in [0.15, 0.2) is 18.2 Å². The van der Waals surface area contributed by atoms with Crippen LogP contribution in [-0.2, 0) is 17.8 Å². The molecule has 3 N–H and O–H groups in total. The van der Waals surface area contributed by atoms with Gasteiger partial charge in [-0.25, -0.2) is 0 Å². The summed E-state index contributed by atoms with van der Waals surface area (Å²) in [5.74, 6) is 0.878. The third kappa shape index (κ3) is 5.37. The number of nitrogen functional groups attached to an aromatic ring is 1. The Balaban J connectivity index is 1.63. The summed E-state index contributed by atoms with van der Waals surface area (Å²) in [4.78, 5) is 28.2. The summed E-state index contributed by atoms with van der Waals surface area (Å²) in [6.07, 6.45) is 2.26. The number of anilines is 1. The van der Waals surface area contributed by atoms with E-state index in [4.69, 9.17) is 20.0 Å². The average molecular weight is 470 g/mol. The number of piperazine rings is 1. The van der Waals surface area contributed by atoms with Crippen molar-refractivity contribution >= 4 is 23.3 Å². The van der Waals surface area contributed by atoms with Crippen molar-refractivity contribution < 1.29 is 19.1 Å². The van der Waals surface area contributed by atoms with Gasteiger partial charge in [-0.05, 0) is 18.1 Å². The predicted octanol–water partition coefficient (Wildman–Crippen LogP) is 1.18. The average Bonchev–Trinajstić information content (AvgIpc) is 3.18. The number of ether oxygens (including phenoxy) is 2. The van der Waals surface area contributed by atoms with Crippen LogP contribution in [0.25, 0.3) is 11.0 Å². The highest BCUT2D eigenvalue weighted by molar-refractivity contribution is 5.87. The molecule has 2 aromatic heterocycles. The lowest BCUT2D eigenvalue weighted by molar-refractivity contribution is -0.130. The highest BCUT2D eigenvalue weighted by atomic mass is 16.7. The van der Waals surface area contributed by atoms with Crippen LogP contribution < -0.4 is 25.4 Å². The number of nitrogens with two attached hydrogens (primary N) is 1. The number of hydrogen-bond acceptors (Lipinski definition) is 10. The number of fused-ring (bicyclic) bond motifs is 1. The zero-order chi connectivity index (χ0) is 23.9. The lowest BCUT2D eigenvalue weighted by Crippen LogP contribution is -2.42. The number of nitrogens with one attached hydrogen (secondary N) is 1. The highest BCUT2D eigenvalue weighted by Gasteiger charge is 2.21. The van der Waals surface area contributed by atoms with Gasteiger partial charge in [0.05, 0.1) is 19.4 Å². The van der Waals surface area contributed by atoms with Crippen LogP contribution in [0, 0.1) is 0 Å². The molecule has 11 heteroatoms. The Labute approximate surface area is 198 Å². The number of nitrogens with zero attached hydrogens (tertiary/aromatic N) is 5. The minimum atomic E-state index is 0.121. The van der Waals surface area contributed by atoms with Gasteiger partial charge in [-0.2, -0.15) is 9.97 Å². The minimum absolute atomic E-state index is 0.121. The first kappa shape index (κ1) is 23.7. The molecular weight excluding hydrogens is 438 g/mol. The molecule has 34 heavy (non-hydrogen) atoms. The Morgan fingerprint density at radius 3 is 2.79 bits per heavy atom. The highest BCUT2D eigenvalue weighted by Crippen LogP contribution is 2.29. The summed E-state index contributed by atoms with van der Waals surface area (Å²) >= 11 is 0. The van der Waals surface area contributed by atoms with Gasteiger partial charge in [-0.1, -0.05) is 30.3 Å². The molecule has 0 radical (unpaired) electrons. The van der Waals surface area contributed by atoms with E-state index in [1.807, 2.05) is 6.07 Å². The van der Waals surface area contributed by atoms with Gasteiger partial charge in [0.2, 0.25) is 0 Å². The number of hydrogen-bond donors (Lipinski definition) is 2. The second-order valence-corrected chi connectivity index (χ2v) is 8.16. The largest absolute Gasteiger partial charge is 0.496 e. The van der Waals surface area contributed by atoms with Crippen molar-refractivity contribution in [2.24, 2.45) is 0 Å². The van der Waals surface area contributed by atoms with E-state index in [1.54, 1.807) is 7.11 Å². The van der Waals surface area contributed by atoms with Gasteiger partial charge in [0.1, 0.15) is 11.3 Å². The molecule has 11 nitrogen and oxygen atoms in total. The van der Waals surface area contributed by atoms with Crippen LogP contribution in [0.1, 0.15) is 36.6 Å². The molecule has 1 saturated heterocycles. The molecule has 4 rings (SSSR count). The maximum absolute atomic E-state index is 11.0. The maximum atomic E-state index is 11.0. The summed E-state index contributed by atoms with van der Waals surface area (Å²) < 4.78 is 11.4. The van der Waals surface area contributed by atoms with Gasteiger partial charge in [-0.3, -0.25) is 9.69 Å². The molecule has 1 fully saturated rings. The van der Waals surface area contributed by atoms with Crippen molar-refractivity contribution in [3.8, 4) is 11.8 Å². The lowest BCUT2D eigenvalue weighted by Gasteiger charge is -2.27. The zero-order valence-electron chi connectivity index (χ0n) is 19.6. The summed E-state index contributed by atoms with van der Waals surface area (Å²) in [7, 11) is 1.65. The van der Waals surface area contributed by atoms with Crippen molar-refractivity contribution in [2.45, 2.75) is 32.7 Å². The molecule has 1 aliphatic heterocycles. The molecule has 1 aliphatic rings. The number of unbranched alkanes of at least 4 members (excludes halogenated alkanes) is 1. The van der Waals surface area contributed by atoms with Gasteiger partial charge >= 0.3 is 12.5 Å². The van der Waals surface area contributed by atoms with Crippen molar-refractivity contribution in [3.05, 3.63) is 35.0 Å². The van der Waals surface area contributed by atoms with Gasteiger partial charge in [0.25, 0.3) is 0 Å². The molecule has 0 amide bonds. The molecule has 0 bridgehead atoms. The molecule has 0 unspecified atom stereocenters. The van der Waals surface area contributed by atoms with Gasteiger partial charge in [0.15, 0.2) is 11.3 Å². The standard InChI is InChI=1S/C23H31N7O4/c1-3-4-11-33-23-26-20-18(28-30(34-15-31)21(20)22(24)27-23)13-17-6-5-16(12-19(17)32-2)14-29-9-7-25-8-10-29/h5-6,12,15,25H,3-4,7-11,13-14H2,1-2H3,(H2,24,26,27). The topological polar surface area (TPSA) is 130 Å². The zero-order valence-corrected chi connectivity index (χ0v) is 19.6. The second kappa shape index (κ2) is 11.1. The van der Waals surface area contributed by atoms with E-state index in [9.17, 15) is 4.79 Å². The van der Waals surface area contributed by atoms with Crippen LogP contribution in [0.2, 0.25) is 0 Å². The Bertz CT molecular complexity index is 1130. The first-order valence-corrected chi connectivity index (χ1v) is 11.5. The third-order valence-electron chi connectivity index (χ3n) is 5.76. The van der Waals surface area contributed by atoms with Crippen molar-refractivity contribution in [3.63, 3.8) is 0 Å². The molecule has 3 aromatic rings. The van der Waals surface area contributed by atoms with Gasteiger partial charge in [-0.15, -0.1) is 5.10 Å². The first-order valence-electron chi connectivity index (χ1n) is 11.5. The Hall–Kier alpha value is -3.44. The molecule has 0 atom stereocenters. The number of carbonyl (C=O) groups excluding carboxylic acids is 1. The Morgan fingerprint density at radius 2 is 2.06 bits per heavy atom. The first-order chi connectivity index (χ1) is 16.6. The van der Waals surface area contributed by atoms with Crippen molar-refractivity contribution in [2.75, 3.05) is 45.6 Å². The smallest absolute Gasteiger partial charge is 0.323 e. The third-order valence-corrected chi connectivity index (χ3v) is 5.76. The molecule has 182 valence electrons. The number of carbonyl (C=O) groups is 1. The Kier molecular flexibility index (Phi) is 7.76. The van der Waals surface area contributed by atoms with E-state index in [-0.39, 0.29) is 18.3 Å². The SMILES string of the molecule is CCCCOc1nc(N)c2c(n1)c(Cc1ccc(CN3CCNCC3)cc1OC)nn2OC=O. The molecule has 0 aliphatic carbocycles. The fourth-order valence-electron chi connectivity index (χ4n) is 4.00. The fourth-order valence-corrected chi connectivity index (χ4v) is 4.00. The van der Waals surface area contributed by atoms with Crippen LogP contribution in [0.5, 0.6) is 11.8 Å². The number of benzene rings is 1. The Morgan fingerprint density at radius 1 is 1.24 bits per heavy atom. The second-order valence-electron chi connectivity index (χ2n) is 8.16. The minimum Gasteiger partial charge on any atom is -0.496 e. The predicted molar refractivity (Wildman–Crippen MR) is 127 cm³/mol. The van der Waals surface area contributed by atoms with E-state index in [2.05, 4.69) is 44.3 Å². The summed E-state index contributed by atoms with van der Waals surface area (Å²) in [6.45, 7) is 7.76. The van der Waals surface area contributed by atoms with Gasteiger partial charge in [0, 0.05) is 44.7 Å². The maximum Gasteiger partial charge on any atom is 0.323 e. The van der Waals surface area contributed by atoms with E-state index in [0.717, 1.165) is 61.7 Å². The van der Waals surface area contributed by atoms with Crippen LogP contribution in [-0.4, -0.2) is 71.2 Å². The normalized spacial score (nSPS) is 14.3. The fraction of sp³-hybridized carbons (Fsp3) is 0.478. The van der Waals surface area contributed by atoms with Gasteiger partial charge < -0.3 is 25.4 Å². The molecule has 0 saturated carbocycles. The number of aromatic nitrogens is 4. The molecule has 0 spiro atoms. The van der Waals surface area contributed by atoms with Crippen LogP contribution in [0.3, 0.4) is 0 Å². The summed E-state index contributed by atoms with van der Waals surface area (Å²) in [6, 6.07) is 6.36. The van der Waals surface area contributed by atoms with E-state index in [0.29, 0.717) is 29.8 Å². The lowest BCUT2D eigenvalue weighted by atomic mass is 10.0. The molecule has 3 heterocycles. The monoisotopic (exact) mass is 469 g/mol. The van der Waals surface area contributed by atoms with Crippen molar-refractivity contribution in [1.29, 1.82) is 0 Å².